The van der Waals surface area contributed by atoms with Crippen LogP contribution in [-0.2, 0) is 16.1 Å². The summed E-state index contributed by atoms with van der Waals surface area (Å²) in [5.41, 5.74) is 7.19. The molecule has 0 aromatic heterocycles. The normalized spacial score (nSPS) is 17.6. The Hall–Kier alpha value is -2.08. The number of nitrogens with two attached hydrogens (primary N) is 1. The highest BCUT2D eigenvalue weighted by atomic mass is 16.5. The first-order chi connectivity index (χ1) is 9.52. The summed E-state index contributed by atoms with van der Waals surface area (Å²) in [6.07, 6.45) is -0.124. The van der Waals surface area contributed by atoms with E-state index in [0.29, 0.717) is 30.9 Å². The second kappa shape index (κ2) is 5.92. The fourth-order valence-electron chi connectivity index (χ4n) is 2.20. The number of carbonyl (C=O) groups excluding carboxylic acids is 1. The van der Waals surface area contributed by atoms with Gasteiger partial charge in [-0.15, -0.1) is 0 Å². The zero-order chi connectivity index (χ0) is 14.7. The Bertz CT molecular complexity index is 530. The number of carboxylic acid groups (broad SMARTS) is 1. The number of benzene rings is 1. The molecule has 1 atom stereocenters. The topological polar surface area (TPSA) is 92.9 Å². The van der Waals surface area contributed by atoms with E-state index in [1.165, 1.54) is 0 Å². The Morgan fingerprint density at radius 3 is 2.90 bits per heavy atom. The first-order valence-electron chi connectivity index (χ1n) is 6.55. The van der Waals surface area contributed by atoms with Gasteiger partial charge < -0.3 is 20.5 Å². The van der Waals surface area contributed by atoms with Crippen LogP contribution in [0.4, 0.5) is 5.69 Å². The molecule has 1 aliphatic rings. The van der Waals surface area contributed by atoms with Gasteiger partial charge in [0.1, 0.15) is 5.75 Å². The fourth-order valence-corrected chi connectivity index (χ4v) is 2.20. The van der Waals surface area contributed by atoms with Crippen molar-refractivity contribution in [3.05, 3.63) is 23.8 Å². The summed E-state index contributed by atoms with van der Waals surface area (Å²) >= 11 is 0. The molecule has 0 bridgehead atoms. The van der Waals surface area contributed by atoms with Gasteiger partial charge in [-0.1, -0.05) is 6.07 Å². The number of anilines is 1. The van der Waals surface area contributed by atoms with Crippen molar-refractivity contribution in [2.75, 3.05) is 11.4 Å². The molecule has 6 nitrogen and oxygen atoms in total. The molecule has 3 N–H and O–H groups in total. The highest BCUT2D eigenvalue weighted by Crippen LogP contribution is 2.35. The number of hydrogen-bond donors (Lipinski definition) is 2. The van der Waals surface area contributed by atoms with E-state index in [2.05, 4.69) is 0 Å². The Balaban J connectivity index is 2.22. The Morgan fingerprint density at radius 1 is 1.50 bits per heavy atom. The van der Waals surface area contributed by atoms with Crippen LogP contribution in [0.1, 0.15) is 25.3 Å². The molecule has 1 heterocycles. The van der Waals surface area contributed by atoms with Crippen LogP contribution in [0, 0.1) is 0 Å². The zero-order valence-electron chi connectivity index (χ0n) is 11.3. The third-order valence-electron chi connectivity index (χ3n) is 3.24. The average Bonchev–Trinajstić information content (AvgIpc) is 2.42. The zero-order valence-corrected chi connectivity index (χ0v) is 11.3. The van der Waals surface area contributed by atoms with E-state index in [1.54, 1.807) is 17.9 Å². The summed E-state index contributed by atoms with van der Waals surface area (Å²) in [5.74, 6) is -0.392. The van der Waals surface area contributed by atoms with Gasteiger partial charge in [0.25, 0.3) is 5.91 Å². The van der Waals surface area contributed by atoms with Crippen molar-refractivity contribution in [2.45, 2.75) is 32.4 Å². The number of carbonyl (C=O) groups is 2. The summed E-state index contributed by atoms with van der Waals surface area (Å²) in [7, 11) is 0. The molecule has 0 aliphatic carbocycles. The Labute approximate surface area is 117 Å². The summed E-state index contributed by atoms with van der Waals surface area (Å²) in [6.45, 7) is 2.45. The SMILES string of the molecule is CC1Oc2cc(CN)ccc2N(CCCC(=O)O)C1=O. The van der Waals surface area contributed by atoms with Gasteiger partial charge in [0, 0.05) is 19.5 Å². The molecule has 1 amide bonds. The van der Waals surface area contributed by atoms with Crippen LogP contribution in [0.3, 0.4) is 0 Å². The lowest BCUT2D eigenvalue weighted by Gasteiger charge is -2.33. The van der Waals surface area contributed by atoms with Crippen LogP contribution < -0.4 is 15.4 Å². The molecule has 108 valence electrons. The maximum Gasteiger partial charge on any atom is 0.303 e. The number of nitrogens with zero attached hydrogens (tertiary/aromatic N) is 1. The van der Waals surface area contributed by atoms with Crippen molar-refractivity contribution in [1.29, 1.82) is 0 Å². The third kappa shape index (κ3) is 2.91. The van der Waals surface area contributed by atoms with Crippen molar-refractivity contribution in [1.82, 2.24) is 0 Å². The first-order valence-corrected chi connectivity index (χ1v) is 6.55. The number of rotatable bonds is 5. The first kappa shape index (κ1) is 14.3. The second-order valence-corrected chi connectivity index (χ2v) is 4.75. The number of hydrogen-bond acceptors (Lipinski definition) is 4. The standard InChI is InChI=1S/C14H18N2O4/c1-9-14(19)16(6-2-3-13(17)18)11-5-4-10(8-15)7-12(11)20-9/h4-5,7,9H,2-3,6,8,15H2,1H3,(H,17,18). The molecule has 0 spiro atoms. The lowest BCUT2D eigenvalue weighted by molar-refractivity contribution is -0.137. The van der Waals surface area contributed by atoms with Crippen molar-refractivity contribution in [3.63, 3.8) is 0 Å². The molecule has 0 fully saturated rings. The molecule has 0 radical (unpaired) electrons. The molecular weight excluding hydrogens is 260 g/mol. The molecule has 0 saturated heterocycles. The second-order valence-electron chi connectivity index (χ2n) is 4.75. The van der Waals surface area contributed by atoms with Gasteiger partial charge in [-0.25, -0.2) is 0 Å². The van der Waals surface area contributed by atoms with E-state index in [9.17, 15) is 9.59 Å². The number of ether oxygens (including phenoxy) is 1. The predicted molar refractivity (Wildman–Crippen MR) is 73.6 cm³/mol. The molecule has 1 unspecified atom stereocenters. The maximum absolute atomic E-state index is 12.1. The van der Waals surface area contributed by atoms with E-state index in [0.717, 1.165) is 5.56 Å². The average molecular weight is 278 g/mol. The Kier molecular flexibility index (Phi) is 4.24. The quantitative estimate of drug-likeness (QED) is 0.842. The van der Waals surface area contributed by atoms with Gasteiger partial charge in [-0.3, -0.25) is 9.59 Å². The van der Waals surface area contributed by atoms with Crippen LogP contribution in [0.5, 0.6) is 5.75 Å². The van der Waals surface area contributed by atoms with E-state index >= 15 is 0 Å². The molecule has 1 aromatic rings. The molecule has 1 aliphatic heterocycles. The third-order valence-corrected chi connectivity index (χ3v) is 3.24. The van der Waals surface area contributed by atoms with Crippen LogP contribution in [0.25, 0.3) is 0 Å². The number of fused-ring (bicyclic) bond motifs is 1. The minimum absolute atomic E-state index is 0.0369. The lowest BCUT2D eigenvalue weighted by Crippen LogP contribution is -2.45. The van der Waals surface area contributed by atoms with Gasteiger partial charge >= 0.3 is 5.97 Å². The summed E-state index contributed by atoms with van der Waals surface area (Å²) in [6, 6.07) is 5.46. The monoisotopic (exact) mass is 278 g/mol. The van der Waals surface area contributed by atoms with E-state index in [1.807, 2.05) is 12.1 Å². The Morgan fingerprint density at radius 2 is 2.25 bits per heavy atom. The van der Waals surface area contributed by atoms with Crippen molar-refractivity contribution in [3.8, 4) is 5.75 Å². The summed E-state index contributed by atoms with van der Waals surface area (Å²) in [4.78, 5) is 24.3. The van der Waals surface area contributed by atoms with E-state index in [4.69, 9.17) is 15.6 Å². The van der Waals surface area contributed by atoms with Crippen molar-refractivity contribution in [2.24, 2.45) is 5.73 Å². The lowest BCUT2D eigenvalue weighted by atomic mass is 10.1. The van der Waals surface area contributed by atoms with Gasteiger partial charge in [0.15, 0.2) is 6.10 Å². The maximum atomic E-state index is 12.1. The molecule has 2 rings (SSSR count). The van der Waals surface area contributed by atoms with Gasteiger partial charge in [-0.05, 0) is 31.0 Å². The van der Waals surface area contributed by atoms with Crippen LogP contribution in [0.2, 0.25) is 0 Å². The highest BCUT2D eigenvalue weighted by Gasteiger charge is 2.31. The minimum atomic E-state index is -0.863. The molecular formula is C14H18N2O4. The van der Waals surface area contributed by atoms with Gasteiger partial charge in [0.2, 0.25) is 0 Å². The van der Waals surface area contributed by atoms with Crippen molar-refractivity contribution < 1.29 is 19.4 Å². The highest BCUT2D eigenvalue weighted by molar-refractivity contribution is 5.99. The van der Waals surface area contributed by atoms with Crippen LogP contribution in [-0.4, -0.2) is 29.6 Å². The van der Waals surface area contributed by atoms with Crippen LogP contribution in [0.15, 0.2) is 18.2 Å². The van der Waals surface area contributed by atoms with E-state index in [-0.39, 0.29) is 12.3 Å². The minimum Gasteiger partial charge on any atom is -0.481 e. The number of aliphatic carboxylic acids is 1. The van der Waals surface area contributed by atoms with Crippen LogP contribution >= 0.6 is 0 Å². The molecule has 1 aromatic carbocycles. The smallest absolute Gasteiger partial charge is 0.303 e. The summed E-state index contributed by atoms with van der Waals surface area (Å²) in [5, 5.41) is 8.68. The molecule has 6 heteroatoms. The number of carboxylic acids is 1. The van der Waals surface area contributed by atoms with Gasteiger partial charge in [0.05, 0.1) is 5.69 Å². The molecule has 20 heavy (non-hydrogen) atoms. The predicted octanol–water partition coefficient (Wildman–Crippen LogP) is 1.12. The van der Waals surface area contributed by atoms with E-state index < -0.39 is 12.1 Å². The molecule has 0 saturated carbocycles. The van der Waals surface area contributed by atoms with Crippen molar-refractivity contribution >= 4 is 17.6 Å². The largest absolute Gasteiger partial charge is 0.481 e. The number of amides is 1. The van der Waals surface area contributed by atoms with Gasteiger partial charge in [-0.2, -0.15) is 0 Å². The summed E-state index contributed by atoms with van der Waals surface area (Å²) < 4.78 is 5.58. The fraction of sp³-hybridized carbons (Fsp3) is 0.429.